The summed E-state index contributed by atoms with van der Waals surface area (Å²) in [5, 5.41) is 3.14. The van der Waals surface area contributed by atoms with Crippen molar-refractivity contribution in [2.45, 2.75) is 31.2 Å². The lowest BCUT2D eigenvalue weighted by atomic mass is 10.1. The molecule has 1 aliphatic rings. The molecule has 1 atom stereocenters. The molecule has 1 fully saturated rings. The third-order valence-corrected chi connectivity index (χ3v) is 6.58. The van der Waals surface area contributed by atoms with E-state index in [2.05, 4.69) is 5.32 Å². The van der Waals surface area contributed by atoms with Gasteiger partial charge in [-0.05, 0) is 58.0 Å². The van der Waals surface area contributed by atoms with E-state index in [1.165, 1.54) is 10.4 Å². The van der Waals surface area contributed by atoms with Gasteiger partial charge >= 0.3 is 0 Å². The fourth-order valence-corrected chi connectivity index (χ4v) is 4.30. The largest absolute Gasteiger partial charge is 0.338 e. The first-order valence-electron chi connectivity index (χ1n) is 8.29. The first-order chi connectivity index (χ1) is 11.3. The first kappa shape index (κ1) is 21.9. The van der Waals surface area contributed by atoms with Crippen LogP contribution in [0.4, 0.5) is 0 Å². The van der Waals surface area contributed by atoms with Gasteiger partial charge < -0.3 is 10.2 Å². The molecular formula is C17H28ClN3O3S. The van der Waals surface area contributed by atoms with Crippen LogP contribution >= 0.6 is 12.4 Å². The highest BCUT2D eigenvalue weighted by Gasteiger charge is 2.28. The molecule has 0 spiro atoms. The van der Waals surface area contributed by atoms with Crippen molar-refractivity contribution >= 4 is 28.3 Å². The van der Waals surface area contributed by atoms with Gasteiger partial charge in [0.05, 0.1) is 4.90 Å². The monoisotopic (exact) mass is 389 g/mol. The number of sulfonamides is 1. The van der Waals surface area contributed by atoms with Gasteiger partial charge in [0.15, 0.2) is 0 Å². The number of rotatable bonds is 6. The van der Waals surface area contributed by atoms with Crippen LogP contribution in [0.1, 0.15) is 30.6 Å². The fraction of sp³-hybridized carbons (Fsp3) is 0.588. The number of nitrogens with one attached hydrogen (secondary N) is 1. The zero-order valence-corrected chi connectivity index (χ0v) is 16.9. The lowest BCUT2D eigenvalue weighted by molar-refractivity contribution is 0.0787. The Labute approximate surface area is 157 Å². The van der Waals surface area contributed by atoms with Gasteiger partial charge in [0.1, 0.15) is 0 Å². The molecular weight excluding hydrogens is 362 g/mol. The number of likely N-dealkylation sites (tertiary alicyclic amines) is 1. The zero-order valence-electron chi connectivity index (χ0n) is 15.2. The second-order valence-electron chi connectivity index (χ2n) is 6.61. The number of nitrogens with zero attached hydrogens (tertiary/aromatic N) is 2. The van der Waals surface area contributed by atoms with Crippen LogP contribution in [0.15, 0.2) is 29.2 Å². The molecule has 1 unspecified atom stereocenters. The summed E-state index contributed by atoms with van der Waals surface area (Å²) in [5.74, 6) is 0.357. The SMILES string of the molecule is CNCC1CCN(C(=O)c2cccc(S(=O)(=O)N(C)C(C)C)c2)C1.Cl. The highest BCUT2D eigenvalue weighted by atomic mass is 35.5. The standard InChI is InChI=1S/C17H27N3O3S.ClH/c1-13(2)19(4)24(22,23)16-7-5-6-15(10-16)17(21)20-9-8-14(12-20)11-18-3;/h5-7,10,13-14,18H,8-9,11-12H2,1-4H3;1H. The van der Waals surface area contributed by atoms with E-state index in [9.17, 15) is 13.2 Å². The molecule has 142 valence electrons. The first-order valence-corrected chi connectivity index (χ1v) is 9.73. The number of carbonyl (C=O) groups excluding carboxylic acids is 1. The topological polar surface area (TPSA) is 69.7 Å². The Kier molecular flexibility index (Phi) is 7.87. The molecule has 1 aromatic rings. The molecule has 0 saturated carbocycles. The lowest BCUT2D eigenvalue weighted by Crippen LogP contribution is -2.33. The summed E-state index contributed by atoms with van der Waals surface area (Å²) in [6.07, 6.45) is 0.973. The van der Waals surface area contributed by atoms with Crippen LogP contribution in [0.25, 0.3) is 0 Å². The van der Waals surface area contributed by atoms with E-state index in [1.807, 2.05) is 20.9 Å². The Bertz CT molecular complexity index is 694. The van der Waals surface area contributed by atoms with Gasteiger partial charge in [0, 0.05) is 31.7 Å². The van der Waals surface area contributed by atoms with Gasteiger partial charge in [-0.15, -0.1) is 12.4 Å². The van der Waals surface area contributed by atoms with Crippen molar-refractivity contribution in [2.24, 2.45) is 5.92 Å². The molecule has 0 bridgehead atoms. The number of hydrogen-bond donors (Lipinski definition) is 1. The van der Waals surface area contributed by atoms with Gasteiger partial charge in [0.2, 0.25) is 10.0 Å². The molecule has 1 amide bonds. The number of benzene rings is 1. The average Bonchev–Trinajstić information content (AvgIpc) is 3.02. The molecule has 0 radical (unpaired) electrons. The second-order valence-corrected chi connectivity index (χ2v) is 8.60. The Hall–Kier alpha value is -1.15. The minimum absolute atomic E-state index is 0. The van der Waals surface area contributed by atoms with Crippen LogP contribution < -0.4 is 5.32 Å². The summed E-state index contributed by atoms with van der Waals surface area (Å²) in [6, 6.07) is 6.20. The van der Waals surface area contributed by atoms with Gasteiger partial charge in [-0.2, -0.15) is 4.31 Å². The molecule has 0 aliphatic carbocycles. The third kappa shape index (κ3) is 4.94. The van der Waals surface area contributed by atoms with E-state index in [0.29, 0.717) is 24.6 Å². The third-order valence-electron chi connectivity index (χ3n) is 4.55. The van der Waals surface area contributed by atoms with Gasteiger partial charge in [0.25, 0.3) is 5.91 Å². The van der Waals surface area contributed by atoms with Crippen LogP contribution in [-0.2, 0) is 10.0 Å². The smallest absolute Gasteiger partial charge is 0.253 e. The van der Waals surface area contributed by atoms with Crippen LogP contribution in [0.2, 0.25) is 0 Å². The summed E-state index contributed by atoms with van der Waals surface area (Å²) < 4.78 is 26.5. The molecule has 0 aromatic heterocycles. The Morgan fingerprint density at radius 3 is 2.68 bits per heavy atom. The fourth-order valence-electron chi connectivity index (χ4n) is 2.89. The van der Waals surface area contributed by atoms with Crippen molar-refractivity contribution in [3.8, 4) is 0 Å². The van der Waals surface area contributed by atoms with Crippen molar-refractivity contribution in [3.05, 3.63) is 29.8 Å². The summed E-state index contributed by atoms with van der Waals surface area (Å²) in [4.78, 5) is 14.6. The van der Waals surface area contributed by atoms with E-state index in [1.54, 1.807) is 30.1 Å². The second kappa shape index (κ2) is 8.98. The molecule has 1 heterocycles. The molecule has 1 saturated heterocycles. The lowest BCUT2D eigenvalue weighted by Gasteiger charge is -2.22. The van der Waals surface area contributed by atoms with Crippen LogP contribution in [0, 0.1) is 5.92 Å². The summed E-state index contributed by atoms with van der Waals surface area (Å²) in [7, 11) is -0.125. The number of halogens is 1. The van der Waals surface area contributed by atoms with Crippen molar-refractivity contribution in [1.29, 1.82) is 0 Å². The van der Waals surface area contributed by atoms with E-state index in [0.717, 1.165) is 13.0 Å². The van der Waals surface area contributed by atoms with Crippen molar-refractivity contribution in [1.82, 2.24) is 14.5 Å². The predicted octanol–water partition coefficient (Wildman–Crippen LogP) is 1.82. The summed E-state index contributed by atoms with van der Waals surface area (Å²) in [5.41, 5.74) is 0.429. The molecule has 6 nitrogen and oxygen atoms in total. The Balaban J connectivity index is 0.00000312. The number of amides is 1. The van der Waals surface area contributed by atoms with Gasteiger partial charge in [-0.1, -0.05) is 6.07 Å². The Morgan fingerprint density at radius 2 is 2.08 bits per heavy atom. The molecule has 8 heteroatoms. The maximum atomic E-state index is 12.7. The zero-order chi connectivity index (χ0) is 17.9. The van der Waals surface area contributed by atoms with E-state index >= 15 is 0 Å². The summed E-state index contributed by atoms with van der Waals surface area (Å²) >= 11 is 0. The molecule has 1 aliphatic heterocycles. The van der Waals surface area contributed by atoms with Gasteiger partial charge in [-0.25, -0.2) is 8.42 Å². The van der Waals surface area contributed by atoms with E-state index in [4.69, 9.17) is 0 Å². The minimum atomic E-state index is -3.58. The molecule has 1 aromatic carbocycles. The number of hydrogen-bond acceptors (Lipinski definition) is 4. The van der Waals surface area contributed by atoms with Crippen LogP contribution in [0.3, 0.4) is 0 Å². The minimum Gasteiger partial charge on any atom is -0.338 e. The van der Waals surface area contributed by atoms with Crippen LogP contribution in [0.5, 0.6) is 0 Å². The number of carbonyl (C=O) groups is 1. The summed E-state index contributed by atoms with van der Waals surface area (Å²) in [6.45, 7) is 5.95. The van der Waals surface area contributed by atoms with Crippen molar-refractivity contribution in [2.75, 3.05) is 33.7 Å². The molecule has 2 rings (SSSR count). The average molecular weight is 390 g/mol. The van der Waals surface area contributed by atoms with Gasteiger partial charge in [-0.3, -0.25) is 4.79 Å². The van der Waals surface area contributed by atoms with E-state index in [-0.39, 0.29) is 29.3 Å². The highest BCUT2D eigenvalue weighted by molar-refractivity contribution is 7.89. The maximum Gasteiger partial charge on any atom is 0.253 e. The van der Waals surface area contributed by atoms with E-state index < -0.39 is 10.0 Å². The van der Waals surface area contributed by atoms with Crippen LogP contribution in [-0.4, -0.2) is 63.3 Å². The van der Waals surface area contributed by atoms with Crippen molar-refractivity contribution < 1.29 is 13.2 Å². The molecule has 1 N–H and O–H groups in total. The highest BCUT2D eigenvalue weighted by Crippen LogP contribution is 2.21. The Morgan fingerprint density at radius 1 is 1.40 bits per heavy atom. The predicted molar refractivity (Wildman–Crippen MR) is 102 cm³/mol. The normalized spacial score (nSPS) is 17.8. The van der Waals surface area contributed by atoms with Crippen molar-refractivity contribution in [3.63, 3.8) is 0 Å². The maximum absolute atomic E-state index is 12.7. The quantitative estimate of drug-likeness (QED) is 0.805. The molecule has 25 heavy (non-hydrogen) atoms.